The van der Waals surface area contributed by atoms with Crippen molar-refractivity contribution in [1.29, 1.82) is 0 Å². The number of para-hydroxylation sites is 1. The van der Waals surface area contributed by atoms with Gasteiger partial charge in [-0.3, -0.25) is 5.10 Å². The molecule has 0 saturated carbocycles. The van der Waals surface area contributed by atoms with Crippen LogP contribution in [0.3, 0.4) is 0 Å². The molecule has 0 atom stereocenters. The predicted octanol–water partition coefficient (Wildman–Crippen LogP) is 1.79. The van der Waals surface area contributed by atoms with Crippen LogP contribution in [0.4, 0.5) is 0 Å². The first-order chi connectivity index (χ1) is 6.83. The number of nitrogens with zero attached hydrogens (tertiary/aromatic N) is 1. The summed E-state index contributed by atoms with van der Waals surface area (Å²) in [7, 11) is 1.52. The number of benzene rings is 1. The highest BCUT2D eigenvalue weighted by Crippen LogP contribution is 2.35. The predicted molar refractivity (Wildman–Crippen MR) is 52.2 cm³/mol. The fraction of sp³-hybridized carbons (Fsp3) is 0.100. The van der Waals surface area contributed by atoms with Crippen LogP contribution in [-0.4, -0.2) is 22.4 Å². The molecule has 0 aliphatic heterocycles. The van der Waals surface area contributed by atoms with Crippen LogP contribution in [0.25, 0.3) is 11.3 Å². The van der Waals surface area contributed by atoms with Crippen LogP contribution in [0.2, 0.25) is 0 Å². The molecular formula is C10H10N2O2. The van der Waals surface area contributed by atoms with E-state index in [0.29, 0.717) is 5.75 Å². The number of rotatable bonds is 2. The number of phenols is 1. The van der Waals surface area contributed by atoms with Crippen molar-refractivity contribution in [2.24, 2.45) is 0 Å². The summed E-state index contributed by atoms with van der Waals surface area (Å²) in [6, 6.07) is 7.01. The largest absolute Gasteiger partial charge is 0.504 e. The lowest BCUT2D eigenvalue weighted by Crippen LogP contribution is -1.88. The smallest absolute Gasteiger partial charge is 0.169 e. The van der Waals surface area contributed by atoms with Crippen molar-refractivity contribution in [2.45, 2.75) is 0 Å². The molecule has 1 aromatic carbocycles. The summed E-state index contributed by atoms with van der Waals surface area (Å²) in [4.78, 5) is 0. The van der Waals surface area contributed by atoms with Gasteiger partial charge in [0.05, 0.1) is 12.8 Å². The highest BCUT2D eigenvalue weighted by molar-refractivity contribution is 5.70. The first-order valence-electron chi connectivity index (χ1n) is 4.18. The Balaban J connectivity index is 2.58. The molecule has 4 nitrogen and oxygen atoms in total. The normalized spacial score (nSPS) is 10.1. The second kappa shape index (κ2) is 3.41. The summed E-state index contributed by atoms with van der Waals surface area (Å²) in [6.07, 6.45) is 1.65. The Hall–Kier alpha value is -1.97. The van der Waals surface area contributed by atoms with Gasteiger partial charge in [0, 0.05) is 11.8 Å². The number of methoxy groups -OCH3 is 1. The first-order valence-corrected chi connectivity index (χ1v) is 4.18. The SMILES string of the molecule is COc1c(O)cccc1-c1ccn[nH]1. The van der Waals surface area contributed by atoms with Crippen LogP contribution in [0.15, 0.2) is 30.5 Å². The molecule has 0 amide bonds. The summed E-state index contributed by atoms with van der Waals surface area (Å²) in [6.45, 7) is 0. The second-order valence-electron chi connectivity index (χ2n) is 2.83. The van der Waals surface area contributed by atoms with Gasteiger partial charge in [0.2, 0.25) is 0 Å². The average Bonchev–Trinajstić information content (AvgIpc) is 2.70. The van der Waals surface area contributed by atoms with Gasteiger partial charge in [0.1, 0.15) is 0 Å². The second-order valence-corrected chi connectivity index (χ2v) is 2.83. The Morgan fingerprint density at radius 3 is 2.86 bits per heavy atom. The van der Waals surface area contributed by atoms with Crippen molar-refractivity contribution >= 4 is 0 Å². The Kier molecular flexibility index (Phi) is 2.10. The van der Waals surface area contributed by atoms with Crippen molar-refractivity contribution in [1.82, 2.24) is 10.2 Å². The van der Waals surface area contributed by atoms with Crippen molar-refractivity contribution < 1.29 is 9.84 Å². The first kappa shape index (κ1) is 8.62. The molecule has 0 bridgehead atoms. The van der Waals surface area contributed by atoms with Crippen LogP contribution < -0.4 is 4.74 Å². The van der Waals surface area contributed by atoms with Gasteiger partial charge in [-0.2, -0.15) is 5.10 Å². The Morgan fingerprint density at radius 2 is 2.21 bits per heavy atom. The van der Waals surface area contributed by atoms with Gasteiger partial charge in [-0.1, -0.05) is 6.07 Å². The van der Waals surface area contributed by atoms with Gasteiger partial charge < -0.3 is 9.84 Å². The number of hydrogen-bond donors (Lipinski definition) is 2. The molecule has 0 radical (unpaired) electrons. The lowest BCUT2D eigenvalue weighted by molar-refractivity contribution is 0.375. The van der Waals surface area contributed by atoms with E-state index in [1.165, 1.54) is 7.11 Å². The fourth-order valence-corrected chi connectivity index (χ4v) is 1.36. The minimum Gasteiger partial charge on any atom is -0.504 e. The van der Waals surface area contributed by atoms with E-state index in [-0.39, 0.29) is 5.75 Å². The molecule has 4 heteroatoms. The highest BCUT2D eigenvalue weighted by atomic mass is 16.5. The highest BCUT2D eigenvalue weighted by Gasteiger charge is 2.10. The zero-order chi connectivity index (χ0) is 9.97. The summed E-state index contributed by atoms with van der Waals surface area (Å²) in [5.74, 6) is 0.580. The molecule has 2 aromatic rings. The summed E-state index contributed by atoms with van der Waals surface area (Å²) < 4.78 is 5.10. The molecule has 72 valence electrons. The van der Waals surface area contributed by atoms with E-state index in [1.54, 1.807) is 18.3 Å². The topological polar surface area (TPSA) is 58.1 Å². The molecule has 0 aliphatic rings. The molecule has 0 fully saturated rings. The molecule has 2 rings (SSSR count). The molecule has 2 N–H and O–H groups in total. The number of phenolic OH excluding ortho intramolecular Hbond substituents is 1. The van der Waals surface area contributed by atoms with E-state index in [9.17, 15) is 5.11 Å². The third-order valence-corrected chi connectivity index (χ3v) is 1.99. The molecule has 1 aromatic heterocycles. The lowest BCUT2D eigenvalue weighted by Gasteiger charge is -2.07. The zero-order valence-corrected chi connectivity index (χ0v) is 7.69. The molecule has 0 saturated heterocycles. The van der Waals surface area contributed by atoms with E-state index in [1.807, 2.05) is 12.1 Å². The number of aromatic hydroxyl groups is 1. The van der Waals surface area contributed by atoms with Gasteiger partial charge in [-0.25, -0.2) is 0 Å². The van der Waals surface area contributed by atoms with Gasteiger partial charge >= 0.3 is 0 Å². The zero-order valence-electron chi connectivity index (χ0n) is 7.69. The van der Waals surface area contributed by atoms with Crippen molar-refractivity contribution in [3.05, 3.63) is 30.5 Å². The van der Waals surface area contributed by atoms with E-state index in [2.05, 4.69) is 10.2 Å². The summed E-state index contributed by atoms with van der Waals surface area (Å²) in [5.41, 5.74) is 1.61. The van der Waals surface area contributed by atoms with Gasteiger partial charge in [0.25, 0.3) is 0 Å². The average molecular weight is 190 g/mol. The third kappa shape index (κ3) is 1.31. The minimum atomic E-state index is 0.125. The molecule has 0 aliphatic carbocycles. The summed E-state index contributed by atoms with van der Waals surface area (Å²) >= 11 is 0. The molecule has 14 heavy (non-hydrogen) atoms. The van der Waals surface area contributed by atoms with Crippen molar-refractivity contribution in [2.75, 3.05) is 7.11 Å². The standard InChI is InChI=1S/C10H10N2O2/c1-14-10-7(3-2-4-9(10)13)8-5-6-11-12-8/h2-6,13H,1H3,(H,11,12). The molecule has 1 heterocycles. The minimum absolute atomic E-state index is 0.125. The van der Waals surface area contributed by atoms with Crippen molar-refractivity contribution in [3.8, 4) is 22.8 Å². The Bertz CT molecular complexity index is 424. The number of H-pyrrole nitrogens is 1. The van der Waals surface area contributed by atoms with E-state index >= 15 is 0 Å². The molecule has 0 spiro atoms. The number of ether oxygens (including phenoxy) is 1. The van der Waals surface area contributed by atoms with E-state index in [4.69, 9.17) is 4.74 Å². The van der Waals surface area contributed by atoms with Crippen LogP contribution in [0.5, 0.6) is 11.5 Å². The fourth-order valence-electron chi connectivity index (χ4n) is 1.36. The maximum atomic E-state index is 9.53. The molecule has 0 unspecified atom stereocenters. The third-order valence-electron chi connectivity index (χ3n) is 1.99. The van der Waals surface area contributed by atoms with Gasteiger partial charge in [-0.05, 0) is 18.2 Å². The van der Waals surface area contributed by atoms with Crippen LogP contribution in [-0.2, 0) is 0 Å². The van der Waals surface area contributed by atoms with Crippen molar-refractivity contribution in [3.63, 3.8) is 0 Å². The monoisotopic (exact) mass is 190 g/mol. The Morgan fingerprint density at radius 1 is 1.36 bits per heavy atom. The number of nitrogens with one attached hydrogen (secondary N) is 1. The number of aromatic nitrogens is 2. The van der Waals surface area contributed by atoms with E-state index in [0.717, 1.165) is 11.3 Å². The molecular weight excluding hydrogens is 180 g/mol. The van der Waals surface area contributed by atoms with Crippen LogP contribution in [0, 0.1) is 0 Å². The quantitative estimate of drug-likeness (QED) is 0.759. The van der Waals surface area contributed by atoms with Gasteiger partial charge in [-0.15, -0.1) is 0 Å². The lowest BCUT2D eigenvalue weighted by atomic mass is 10.1. The Labute approximate surface area is 81.2 Å². The van der Waals surface area contributed by atoms with E-state index < -0.39 is 0 Å². The number of hydrogen-bond acceptors (Lipinski definition) is 3. The van der Waals surface area contributed by atoms with Crippen LogP contribution >= 0.6 is 0 Å². The number of aromatic amines is 1. The summed E-state index contributed by atoms with van der Waals surface area (Å²) in [5, 5.41) is 16.2. The van der Waals surface area contributed by atoms with Crippen LogP contribution in [0.1, 0.15) is 0 Å². The van der Waals surface area contributed by atoms with Gasteiger partial charge in [0.15, 0.2) is 11.5 Å². The maximum Gasteiger partial charge on any atom is 0.169 e. The maximum absolute atomic E-state index is 9.53.